The first kappa shape index (κ1) is 38.1. The average Bonchev–Trinajstić information content (AvgIpc) is 3.72. The van der Waals surface area contributed by atoms with Gasteiger partial charge < -0.3 is 48.0 Å². The molecule has 0 radical (unpaired) electrons. The SMILES string of the molecule is COc1ccc2[n-]c([S+]([O-])Cc3ncc(C)c(OC)c3C)nc2c1.COc1ccc2[n-]c([S+]([O-])Cc3ncc(C)c(OC)c3C)nc2c1.[Mg+2]. The molecule has 2 aromatic carbocycles. The number of methoxy groups -OCH3 is 4. The average molecular weight is 713 g/mol. The molecule has 49 heavy (non-hydrogen) atoms. The molecule has 0 amide bonds. The van der Waals surface area contributed by atoms with Gasteiger partial charge in [-0.3, -0.25) is 9.97 Å². The molecule has 0 fully saturated rings. The van der Waals surface area contributed by atoms with Crippen LogP contribution < -0.4 is 28.9 Å². The summed E-state index contributed by atoms with van der Waals surface area (Å²) in [6.45, 7) is 7.69. The Hall–Kier alpha value is -3.73. The number of aryl methyl sites for hydroxylation is 2. The predicted molar refractivity (Wildman–Crippen MR) is 190 cm³/mol. The fraction of sp³-hybridized carbons (Fsp3) is 0.294. The Morgan fingerprint density at radius 2 is 1.00 bits per heavy atom. The van der Waals surface area contributed by atoms with Gasteiger partial charge in [0.15, 0.2) is 11.5 Å². The molecule has 0 saturated carbocycles. The van der Waals surface area contributed by atoms with Gasteiger partial charge in [-0.25, -0.2) is 0 Å². The number of aromatic nitrogens is 6. The summed E-state index contributed by atoms with van der Waals surface area (Å²) >= 11 is -2.77. The minimum atomic E-state index is -1.38. The molecule has 0 aliphatic carbocycles. The first-order chi connectivity index (χ1) is 23.1. The molecular weight excluding hydrogens is 677 g/mol. The summed E-state index contributed by atoms with van der Waals surface area (Å²) in [5, 5.41) is 0.609. The van der Waals surface area contributed by atoms with Crippen LogP contribution in [0.25, 0.3) is 22.1 Å². The summed E-state index contributed by atoms with van der Waals surface area (Å²) in [6, 6.07) is 10.8. The number of imidazole rings is 2. The van der Waals surface area contributed by atoms with E-state index < -0.39 is 22.4 Å². The van der Waals surface area contributed by atoms with E-state index in [0.29, 0.717) is 43.9 Å². The Balaban J connectivity index is 0.000000216. The van der Waals surface area contributed by atoms with Crippen LogP contribution in [0.5, 0.6) is 23.0 Å². The third-order valence-corrected chi connectivity index (χ3v) is 9.92. The molecule has 6 rings (SSSR count). The van der Waals surface area contributed by atoms with E-state index in [0.717, 1.165) is 45.1 Å². The number of rotatable bonds is 10. The molecule has 15 heteroatoms. The van der Waals surface area contributed by atoms with Gasteiger partial charge in [-0.05, 0) is 96.4 Å². The van der Waals surface area contributed by atoms with Gasteiger partial charge in [0.25, 0.3) is 0 Å². The zero-order valence-electron chi connectivity index (χ0n) is 28.7. The van der Waals surface area contributed by atoms with E-state index in [4.69, 9.17) is 18.9 Å². The van der Waals surface area contributed by atoms with Crippen LogP contribution in [0, 0.1) is 27.7 Å². The van der Waals surface area contributed by atoms with E-state index in [1.807, 2.05) is 27.7 Å². The molecule has 0 aliphatic rings. The Morgan fingerprint density at radius 3 is 1.35 bits per heavy atom. The molecule has 252 valence electrons. The van der Waals surface area contributed by atoms with E-state index in [1.165, 1.54) is 0 Å². The molecule has 6 aromatic rings. The third kappa shape index (κ3) is 8.53. The van der Waals surface area contributed by atoms with Crippen molar-refractivity contribution in [2.45, 2.75) is 49.5 Å². The van der Waals surface area contributed by atoms with Crippen molar-refractivity contribution in [2.24, 2.45) is 0 Å². The van der Waals surface area contributed by atoms with Crippen LogP contribution in [0.15, 0.2) is 59.1 Å². The van der Waals surface area contributed by atoms with Crippen molar-refractivity contribution in [3.63, 3.8) is 0 Å². The second-order valence-electron chi connectivity index (χ2n) is 10.8. The summed E-state index contributed by atoms with van der Waals surface area (Å²) in [6.07, 6.45) is 3.46. The topological polar surface area (TPSA) is 163 Å². The first-order valence-electron chi connectivity index (χ1n) is 14.8. The summed E-state index contributed by atoms with van der Waals surface area (Å²) in [5.41, 5.74) is 7.87. The Morgan fingerprint density at radius 1 is 0.612 bits per heavy atom. The number of hydrogen-bond acceptors (Lipinski definition) is 10. The minimum Gasteiger partial charge on any atom is -0.612 e. The van der Waals surface area contributed by atoms with Gasteiger partial charge in [-0.1, -0.05) is 12.1 Å². The maximum Gasteiger partial charge on any atom is 2.00 e. The van der Waals surface area contributed by atoms with Crippen LogP contribution in [0.1, 0.15) is 33.6 Å². The molecule has 12 nitrogen and oxygen atoms in total. The van der Waals surface area contributed by atoms with Crippen LogP contribution in [0.4, 0.5) is 0 Å². The van der Waals surface area contributed by atoms with Crippen molar-refractivity contribution in [1.82, 2.24) is 29.9 Å². The smallest absolute Gasteiger partial charge is 0.612 e. The standard InChI is InChI=1S/2C17H18N3O3S.Mg/c2*1-10-8-18-15(11(2)16(10)23-4)9-24(21)17-19-13-6-5-12(22-3)7-14(13)20-17;/h2*5-8H,9H2,1-4H3;/q2*-1;+2. The fourth-order valence-electron chi connectivity index (χ4n) is 5.11. The second kappa shape index (κ2) is 16.8. The van der Waals surface area contributed by atoms with E-state index in [1.54, 1.807) is 77.2 Å². The van der Waals surface area contributed by atoms with Crippen LogP contribution >= 0.6 is 0 Å². The molecule has 0 N–H and O–H groups in total. The molecule has 0 saturated heterocycles. The number of fused-ring (bicyclic) bond motifs is 2. The summed E-state index contributed by atoms with van der Waals surface area (Å²) < 4.78 is 46.4. The monoisotopic (exact) mass is 712 g/mol. The zero-order chi connectivity index (χ0) is 34.5. The van der Waals surface area contributed by atoms with Gasteiger partial charge in [0.05, 0.1) is 39.8 Å². The quantitative estimate of drug-likeness (QED) is 0.143. The number of hydrogen-bond donors (Lipinski definition) is 0. The van der Waals surface area contributed by atoms with Gasteiger partial charge in [0.1, 0.15) is 33.3 Å². The Kier molecular flexibility index (Phi) is 13.0. The van der Waals surface area contributed by atoms with Gasteiger partial charge in [-0.2, -0.15) is 0 Å². The van der Waals surface area contributed by atoms with Crippen LogP contribution in [-0.4, -0.2) is 80.5 Å². The normalized spacial score (nSPS) is 12.1. The molecule has 4 aromatic heterocycles. The van der Waals surface area contributed by atoms with Crippen LogP contribution in [-0.2, 0) is 33.9 Å². The van der Waals surface area contributed by atoms with Crippen molar-refractivity contribution in [2.75, 3.05) is 28.4 Å². The number of pyridine rings is 2. The fourth-order valence-corrected chi connectivity index (χ4v) is 7.24. The molecule has 0 bridgehead atoms. The largest absolute Gasteiger partial charge is 2.00 e. The van der Waals surface area contributed by atoms with E-state index in [2.05, 4.69) is 29.9 Å². The van der Waals surface area contributed by atoms with Gasteiger partial charge >= 0.3 is 23.1 Å². The number of ether oxygens (including phenoxy) is 4. The van der Waals surface area contributed by atoms with Gasteiger partial charge in [0.2, 0.25) is 0 Å². The molecular formula is C34H36MgN6O6S2. The minimum absolute atomic E-state index is 0. The first-order valence-corrected chi connectivity index (χ1v) is 17.4. The zero-order valence-corrected chi connectivity index (χ0v) is 31.7. The number of benzene rings is 2. The van der Waals surface area contributed by atoms with Crippen LogP contribution in [0.3, 0.4) is 0 Å². The van der Waals surface area contributed by atoms with Crippen molar-refractivity contribution < 1.29 is 28.1 Å². The second-order valence-corrected chi connectivity index (χ2v) is 13.5. The molecule has 0 aliphatic heterocycles. The van der Waals surface area contributed by atoms with Crippen molar-refractivity contribution in [1.29, 1.82) is 0 Å². The molecule has 2 atom stereocenters. The predicted octanol–water partition coefficient (Wildman–Crippen LogP) is 4.68. The van der Waals surface area contributed by atoms with Gasteiger partial charge in [-0.15, -0.1) is 0 Å². The van der Waals surface area contributed by atoms with E-state index >= 15 is 0 Å². The summed E-state index contributed by atoms with van der Waals surface area (Å²) in [5.74, 6) is 3.43. The van der Waals surface area contributed by atoms with Crippen molar-refractivity contribution in [3.8, 4) is 23.0 Å². The maximum absolute atomic E-state index is 12.6. The van der Waals surface area contributed by atoms with Crippen LogP contribution in [0.2, 0.25) is 0 Å². The third-order valence-electron chi connectivity index (χ3n) is 7.67. The van der Waals surface area contributed by atoms with Gasteiger partial charge in [0, 0.05) is 34.6 Å². The van der Waals surface area contributed by atoms with Crippen molar-refractivity contribution in [3.05, 3.63) is 82.4 Å². The van der Waals surface area contributed by atoms with Crippen molar-refractivity contribution >= 4 is 67.5 Å². The summed E-state index contributed by atoms with van der Waals surface area (Å²) in [4.78, 5) is 26.2. The van der Waals surface area contributed by atoms with E-state index in [-0.39, 0.29) is 34.6 Å². The Labute approximate surface area is 307 Å². The molecule has 2 unspecified atom stereocenters. The maximum atomic E-state index is 12.6. The molecule has 0 spiro atoms. The Bertz CT molecular complexity index is 1910. The molecule has 4 heterocycles. The van der Waals surface area contributed by atoms with E-state index in [9.17, 15) is 9.11 Å². The number of nitrogens with zero attached hydrogens (tertiary/aromatic N) is 6. The summed E-state index contributed by atoms with van der Waals surface area (Å²) in [7, 11) is 6.43.